The molecule has 4 bridgehead atoms. The van der Waals surface area contributed by atoms with Crippen LogP contribution in [0.4, 0.5) is 4.79 Å². The average molecular weight is 364 g/mol. The Kier molecular flexibility index (Phi) is 4.13. The first-order chi connectivity index (χ1) is 11.9. The fourth-order valence-electron chi connectivity index (χ4n) is 5.28. The van der Waals surface area contributed by atoms with Gasteiger partial charge in [0.05, 0.1) is 5.75 Å². The van der Waals surface area contributed by atoms with Crippen LogP contribution in [0, 0.1) is 24.7 Å². The number of nitrogens with two attached hydrogens (primary N) is 1. The summed E-state index contributed by atoms with van der Waals surface area (Å²) in [5.41, 5.74) is -0.0964. The van der Waals surface area contributed by atoms with Gasteiger partial charge < -0.3 is 11.2 Å². The van der Waals surface area contributed by atoms with Crippen molar-refractivity contribution in [3.63, 3.8) is 0 Å². The lowest BCUT2D eigenvalue weighted by Crippen LogP contribution is -2.61. The highest BCUT2D eigenvalue weighted by atomic mass is 32.2. The van der Waals surface area contributed by atoms with E-state index < -0.39 is 0 Å². The third-order valence-electron chi connectivity index (χ3n) is 5.84. The molecule has 0 aromatic carbocycles. The maximum atomic E-state index is 12.3. The van der Waals surface area contributed by atoms with E-state index in [1.54, 1.807) is 6.92 Å². The van der Waals surface area contributed by atoms with Gasteiger partial charge in [0, 0.05) is 5.54 Å². The second-order valence-electron chi connectivity index (χ2n) is 7.89. The Labute approximate surface area is 150 Å². The largest absolute Gasteiger partial charge is 0.336 e. The lowest BCUT2D eigenvalue weighted by Gasteiger charge is -2.56. The summed E-state index contributed by atoms with van der Waals surface area (Å²) >= 11 is 1.16. The summed E-state index contributed by atoms with van der Waals surface area (Å²) in [6, 6.07) is -0.377. The highest BCUT2D eigenvalue weighted by molar-refractivity contribution is 7.99. The molecule has 4 aliphatic rings. The van der Waals surface area contributed by atoms with E-state index in [1.807, 2.05) is 0 Å². The molecular formula is C16H24N6O2S. The molecule has 25 heavy (non-hydrogen) atoms. The minimum Gasteiger partial charge on any atom is -0.336 e. The number of aryl methyl sites for hydroxylation is 1. The fraction of sp³-hybridized carbons (Fsp3) is 0.750. The van der Waals surface area contributed by atoms with E-state index in [-0.39, 0.29) is 23.2 Å². The van der Waals surface area contributed by atoms with E-state index in [0.717, 1.165) is 48.8 Å². The van der Waals surface area contributed by atoms with E-state index in [2.05, 4.69) is 20.8 Å². The smallest absolute Gasteiger partial charge is 0.321 e. The number of urea groups is 1. The molecule has 9 heteroatoms. The summed E-state index contributed by atoms with van der Waals surface area (Å²) < 4.78 is 1.33. The van der Waals surface area contributed by atoms with E-state index in [1.165, 1.54) is 23.9 Å². The summed E-state index contributed by atoms with van der Waals surface area (Å²) in [7, 11) is 0. The van der Waals surface area contributed by atoms with Gasteiger partial charge in [-0.25, -0.2) is 9.47 Å². The Morgan fingerprint density at radius 2 is 1.80 bits per heavy atom. The number of hydrogen-bond donors (Lipinski definition) is 3. The highest BCUT2D eigenvalue weighted by Crippen LogP contribution is 2.55. The Morgan fingerprint density at radius 3 is 2.32 bits per heavy atom. The van der Waals surface area contributed by atoms with Crippen molar-refractivity contribution in [2.75, 3.05) is 11.6 Å². The van der Waals surface area contributed by atoms with Crippen molar-refractivity contribution in [2.24, 2.45) is 17.8 Å². The number of nitrogen functional groups attached to an aromatic ring is 1. The van der Waals surface area contributed by atoms with Gasteiger partial charge >= 0.3 is 6.03 Å². The van der Waals surface area contributed by atoms with Gasteiger partial charge in [-0.2, -0.15) is 0 Å². The lowest BCUT2D eigenvalue weighted by molar-refractivity contribution is -0.117. The normalized spacial score (nSPS) is 32.6. The zero-order chi connectivity index (χ0) is 17.6. The second kappa shape index (κ2) is 6.19. The number of amides is 3. The standard InChI is InChI=1S/C16H24N6O2S/c1-9-20-21-15(22(9)17)25-8-13(23)18-14(24)19-16-5-10-2-11(6-16)4-12(3-10)7-16/h10-12H,2-8,17H2,1H3,(H2,18,19,23,24). The molecule has 1 aromatic rings. The zero-order valence-electron chi connectivity index (χ0n) is 14.3. The van der Waals surface area contributed by atoms with Crippen molar-refractivity contribution in [3.05, 3.63) is 5.82 Å². The molecule has 1 heterocycles. The third kappa shape index (κ3) is 3.33. The van der Waals surface area contributed by atoms with Crippen LogP contribution in [0.25, 0.3) is 0 Å². The van der Waals surface area contributed by atoms with Crippen LogP contribution in [0.5, 0.6) is 0 Å². The second-order valence-corrected chi connectivity index (χ2v) is 8.83. The van der Waals surface area contributed by atoms with Crippen LogP contribution in [0.3, 0.4) is 0 Å². The highest BCUT2D eigenvalue weighted by Gasteiger charge is 2.51. The number of nitrogens with zero attached hydrogens (tertiary/aromatic N) is 3. The van der Waals surface area contributed by atoms with Crippen molar-refractivity contribution in [1.29, 1.82) is 0 Å². The van der Waals surface area contributed by atoms with Gasteiger partial charge in [-0.1, -0.05) is 11.8 Å². The summed E-state index contributed by atoms with van der Waals surface area (Å²) in [6.45, 7) is 1.73. The van der Waals surface area contributed by atoms with Crippen molar-refractivity contribution < 1.29 is 9.59 Å². The van der Waals surface area contributed by atoms with Crippen molar-refractivity contribution in [2.45, 2.75) is 56.1 Å². The van der Waals surface area contributed by atoms with Crippen LogP contribution in [-0.2, 0) is 4.79 Å². The first-order valence-electron chi connectivity index (χ1n) is 8.84. The number of aromatic nitrogens is 3. The maximum Gasteiger partial charge on any atom is 0.321 e. The van der Waals surface area contributed by atoms with Crippen molar-refractivity contribution in [1.82, 2.24) is 25.5 Å². The minimum atomic E-state index is -0.377. The Morgan fingerprint density at radius 1 is 1.20 bits per heavy atom. The molecule has 3 amide bonds. The number of carbonyl (C=O) groups excluding carboxylic acids is 2. The van der Waals surface area contributed by atoms with Crippen LogP contribution >= 0.6 is 11.8 Å². The van der Waals surface area contributed by atoms with E-state index in [9.17, 15) is 9.59 Å². The molecular weight excluding hydrogens is 340 g/mol. The van der Waals surface area contributed by atoms with Crippen LogP contribution in [0.2, 0.25) is 0 Å². The molecule has 1 aromatic heterocycles. The zero-order valence-corrected chi connectivity index (χ0v) is 15.1. The third-order valence-corrected chi connectivity index (χ3v) is 6.78. The fourth-order valence-corrected chi connectivity index (χ4v) is 5.98. The maximum absolute atomic E-state index is 12.3. The molecule has 4 aliphatic carbocycles. The molecule has 4 N–H and O–H groups in total. The Hall–Kier alpha value is -1.77. The Bertz CT molecular complexity index is 668. The number of hydrogen-bond acceptors (Lipinski definition) is 6. The van der Waals surface area contributed by atoms with Gasteiger partial charge in [0.1, 0.15) is 5.82 Å². The van der Waals surface area contributed by atoms with Gasteiger partial charge in [-0.05, 0) is 63.2 Å². The predicted octanol–water partition coefficient (Wildman–Crippen LogP) is 1.19. The first kappa shape index (κ1) is 16.7. The van der Waals surface area contributed by atoms with Crippen LogP contribution in [0.15, 0.2) is 5.16 Å². The number of rotatable bonds is 4. The number of nitrogens with one attached hydrogen (secondary N) is 2. The first-order valence-corrected chi connectivity index (χ1v) is 9.83. The summed E-state index contributed by atoms with van der Waals surface area (Å²) in [6.07, 6.45) is 7.13. The average Bonchev–Trinajstić information content (AvgIpc) is 2.82. The number of thioether (sulfide) groups is 1. The van der Waals surface area contributed by atoms with Gasteiger partial charge in [-0.15, -0.1) is 10.2 Å². The molecule has 136 valence electrons. The molecule has 0 atom stereocenters. The topological polar surface area (TPSA) is 115 Å². The lowest BCUT2D eigenvalue weighted by atomic mass is 9.53. The molecule has 8 nitrogen and oxygen atoms in total. The van der Waals surface area contributed by atoms with E-state index >= 15 is 0 Å². The van der Waals surface area contributed by atoms with E-state index in [4.69, 9.17) is 5.84 Å². The van der Waals surface area contributed by atoms with Crippen LogP contribution in [-0.4, -0.2) is 38.1 Å². The van der Waals surface area contributed by atoms with Gasteiger partial charge in [0.2, 0.25) is 11.1 Å². The molecule has 0 spiro atoms. The van der Waals surface area contributed by atoms with Crippen molar-refractivity contribution >= 4 is 23.7 Å². The minimum absolute atomic E-state index is 0.0730. The SMILES string of the molecule is Cc1nnc(SCC(=O)NC(=O)NC23CC4CC(CC(C4)C2)C3)n1N. The van der Waals surface area contributed by atoms with Crippen LogP contribution in [0.1, 0.15) is 44.3 Å². The van der Waals surface area contributed by atoms with E-state index in [0.29, 0.717) is 11.0 Å². The quantitative estimate of drug-likeness (QED) is 0.546. The molecule has 4 fully saturated rings. The molecule has 0 saturated heterocycles. The van der Waals surface area contributed by atoms with Gasteiger partial charge in [0.25, 0.3) is 0 Å². The van der Waals surface area contributed by atoms with Crippen LogP contribution < -0.4 is 16.5 Å². The number of imide groups is 1. The molecule has 0 radical (unpaired) electrons. The monoisotopic (exact) mass is 364 g/mol. The summed E-state index contributed by atoms with van der Waals surface area (Å²) in [5.74, 6) is 8.28. The Balaban J connectivity index is 1.29. The summed E-state index contributed by atoms with van der Waals surface area (Å²) in [4.78, 5) is 24.3. The van der Waals surface area contributed by atoms with Gasteiger partial charge in [-0.3, -0.25) is 10.1 Å². The number of carbonyl (C=O) groups is 2. The predicted molar refractivity (Wildman–Crippen MR) is 93.2 cm³/mol. The summed E-state index contributed by atoms with van der Waals surface area (Å²) in [5, 5.41) is 13.7. The van der Waals surface area contributed by atoms with Crippen molar-refractivity contribution in [3.8, 4) is 0 Å². The molecule has 0 unspecified atom stereocenters. The molecule has 0 aliphatic heterocycles. The molecule has 4 saturated carbocycles. The molecule has 5 rings (SSSR count). The van der Waals surface area contributed by atoms with Gasteiger partial charge in [0.15, 0.2) is 0 Å².